The Morgan fingerprint density at radius 1 is 1.15 bits per heavy atom. The Balaban J connectivity index is 1.75. The van der Waals surface area contributed by atoms with Gasteiger partial charge in [0.1, 0.15) is 5.82 Å². The molecular formula is C20H21BrFN3O. The van der Waals surface area contributed by atoms with Gasteiger partial charge < -0.3 is 15.1 Å². The quantitative estimate of drug-likeness (QED) is 0.763. The summed E-state index contributed by atoms with van der Waals surface area (Å²) in [6.45, 7) is 3.78. The third kappa shape index (κ3) is 4.71. The van der Waals surface area contributed by atoms with Crippen LogP contribution < -0.4 is 10.2 Å². The smallest absolute Gasteiger partial charge is 0.248 e. The Morgan fingerprint density at radius 3 is 2.62 bits per heavy atom. The Labute approximate surface area is 161 Å². The number of piperazine rings is 1. The molecule has 1 N–H and O–H groups in total. The second-order valence-corrected chi connectivity index (χ2v) is 7.21. The minimum Gasteiger partial charge on any atom is -0.367 e. The van der Waals surface area contributed by atoms with Crippen molar-refractivity contribution in [1.82, 2.24) is 4.90 Å². The summed E-state index contributed by atoms with van der Waals surface area (Å²) < 4.78 is 14.6. The highest BCUT2D eigenvalue weighted by Crippen LogP contribution is 2.30. The second-order valence-electron chi connectivity index (χ2n) is 6.30. The first-order valence-electron chi connectivity index (χ1n) is 8.49. The average Bonchev–Trinajstić information content (AvgIpc) is 2.62. The zero-order valence-electron chi connectivity index (χ0n) is 14.6. The highest BCUT2D eigenvalue weighted by molar-refractivity contribution is 9.10. The largest absolute Gasteiger partial charge is 0.367 e. The van der Waals surface area contributed by atoms with Crippen LogP contribution in [0.1, 0.15) is 5.56 Å². The molecule has 26 heavy (non-hydrogen) atoms. The standard InChI is InChI=1S/C20H21BrFN3O/c1-24-10-12-25(13-11-24)19-8-7-16(21)14-18(19)23-20(26)9-6-15-4-2-3-5-17(15)22/h2-9,14H,10-13H2,1H3,(H,23,26)/b9-6+. The molecule has 2 aromatic carbocycles. The Kier molecular flexibility index (Phi) is 6.06. The monoisotopic (exact) mass is 417 g/mol. The third-order valence-electron chi connectivity index (χ3n) is 4.38. The first kappa shape index (κ1) is 18.6. The number of carbonyl (C=O) groups excluding carboxylic acids is 1. The van der Waals surface area contributed by atoms with E-state index >= 15 is 0 Å². The molecule has 0 saturated carbocycles. The molecule has 1 aliphatic heterocycles. The molecule has 0 radical (unpaired) electrons. The van der Waals surface area contributed by atoms with E-state index in [1.54, 1.807) is 18.2 Å². The number of anilines is 2. The zero-order chi connectivity index (χ0) is 18.5. The molecule has 1 heterocycles. The van der Waals surface area contributed by atoms with Crippen LogP contribution in [0.25, 0.3) is 6.08 Å². The topological polar surface area (TPSA) is 35.6 Å². The lowest BCUT2D eigenvalue weighted by Crippen LogP contribution is -2.44. The van der Waals surface area contributed by atoms with Crippen LogP contribution in [0.15, 0.2) is 53.0 Å². The predicted molar refractivity (Wildman–Crippen MR) is 108 cm³/mol. The van der Waals surface area contributed by atoms with Crippen LogP contribution in [0.5, 0.6) is 0 Å². The van der Waals surface area contributed by atoms with Crippen molar-refractivity contribution in [3.8, 4) is 0 Å². The molecule has 3 rings (SSSR count). The molecule has 0 unspecified atom stereocenters. The summed E-state index contributed by atoms with van der Waals surface area (Å²) in [7, 11) is 2.11. The molecule has 0 aliphatic carbocycles. The summed E-state index contributed by atoms with van der Waals surface area (Å²) in [6, 6.07) is 12.2. The van der Waals surface area contributed by atoms with Crippen LogP contribution in [0.3, 0.4) is 0 Å². The van der Waals surface area contributed by atoms with Crippen molar-refractivity contribution < 1.29 is 9.18 Å². The van der Waals surface area contributed by atoms with Gasteiger partial charge >= 0.3 is 0 Å². The van der Waals surface area contributed by atoms with E-state index < -0.39 is 0 Å². The number of likely N-dealkylation sites (N-methyl/N-ethyl adjacent to an activating group) is 1. The molecule has 0 bridgehead atoms. The summed E-state index contributed by atoms with van der Waals surface area (Å²) in [4.78, 5) is 16.9. The summed E-state index contributed by atoms with van der Waals surface area (Å²) >= 11 is 3.46. The van der Waals surface area contributed by atoms with E-state index in [0.29, 0.717) is 5.56 Å². The van der Waals surface area contributed by atoms with Gasteiger partial charge in [-0.05, 0) is 37.4 Å². The van der Waals surface area contributed by atoms with E-state index in [4.69, 9.17) is 0 Å². The normalized spacial score (nSPS) is 15.4. The van der Waals surface area contributed by atoms with Gasteiger partial charge in [0.05, 0.1) is 11.4 Å². The van der Waals surface area contributed by atoms with E-state index in [2.05, 4.69) is 38.1 Å². The van der Waals surface area contributed by atoms with Crippen molar-refractivity contribution in [2.24, 2.45) is 0 Å². The maximum atomic E-state index is 13.7. The van der Waals surface area contributed by atoms with E-state index in [1.165, 1.54) is 18.2 Å². The van der Waals surface area contributed by atoms with Crippen molar-refractivity contribution in [1.29, 1.82) is 0 Å². The maximum Gasteiger partial charge on any atom is 0.248 e. The summed E-state index contributed by atoms with van der Waals surface area (Å²) in [5.74, 6) is -0.640. The fourth-order valence-electron chi connectivity index (χ4n) is 2.88. The molecule has 1 aliphatic rings. The molecule has 1 saturated heterocycles. The summed E-state index contributed by atoms with van der Waals surface area (Å²) in [5, 5.41) is 2.92. The fourth-order valence-corrected chi connectivity index (χ4v) is 3.24. The van der Waals surface area contributed by atoms with Crippen LogP contribution in [0.4, 0.5) is 15.8 Å². The van der Waals surface area contributed by atoms with E-state index in [0.717, 1.165) is 42.0 Å². The van der Waals surface area contributed by atoms with E-state index in [-0.39, 0.29) is 11.7 Å². The lowest BCUT2D eigenvalue weighted by atomic mass is 10.2. The molecule has 4 nitrogen and oxygen atoms in total. The number of nitrogens with one attached hydrogen (secondary N) is 1. The van der Waals surface area contributed by atoms with Crippen LogP contribution >= 0.6 is 15.9 Å². The first-order valence-corrected chi connectivity index (χ1v) is 9.29. The number of rotatable bonds is 4. The number of halogens is 2. The molecule has 136 valence electrons. The molecule has 2 aromatic rings. The number of hydrogen-bond donors (Lipinski definition) is 1. The van der Waals surface area contributed by atoms with Crippen molar-refractivity contribution in [3.63, 3.8) is 0 Å². The highest BCUT2D eigenvalue weighted by atomic mass is 79.9. The van der Waals surface area contributed by atoms with Gasteiger partial charge in [-0.15, -0.1) is 0 Å². The number of nitrogens with zero attached hydrogens (tertiary/aromatic N) is 2. The van der Waals surface area contributed by atoms with Gasteiger partial charge in [0.25, 0.3) is 0 Å². The molecule has 0 spiro atoms. The third-order valence-corrected chi connectivity index (χ3v) is 4.87. The van der Waals surface area contributed by atoms with Gasteiger partial charge in [-0.3, -0.25) is 4.79 Å². The molecule has 1 fully saturated rings. The molecule has 1 amide bonds. The van der Waals surface area contributed by atoms with Crippen molar-refractivity contribution >= 4 is 39.3 Å². The number of hydrogen-bond acceptors (Lipinski definition) is 3. The van der Waals surface area contributed by atoms with Crippen LogP contribution in [0.2, 0.25) is 0 Å². The Bertz CT molecular complexity index is 816. The highest BCUT2D eigenvalue weighted by Gasteiger charge is 2.18. The Morgan fingerprint density at radius 2 is 1.88 bits per heavy atom. The van der Waals surface area contributed by atoms with Gasteiger partial charge in [0.2, 0.25) is 5.91 Å². The van der Waals surface area contributed by atoms with E-state index in [1.807, 2.05) is 18.2 Å². The van der Waals surface area contributed by atoms with E-state index in [9.17, 15) is 9.18 Å². The van der Waals surface area contributed by atoms with Crippen LogP contribution in [0, 0.1) is 5.82 Å². The fraction of sp³-hybridized carbons (Fsp3) is 0.250. The SMILES string of the molecule is CN1CCN(c2ccc(Br)cc2NC(=O)/C=C/c2ccccc2F)CC1. The van der Waals surface area contributed by atoms with Gasteiger partial charge in [-0.1, -0.05) is 34.1 Å². The van der Waals surface area contributed by atoms with Gasteiger partial charge in [0, 0.05) is 42.3 Å². The minimum atomic E-state index is -0.350. The van der Waals surface area contributed by atoms with Crippen LogP contribution in [-0.4, -0.2) is 44.0 Å². The number of benzene rings is 2. The first-order chi connectivity index (χ1) is 12.5. The molecule has 0 aromatic heterocycles. The average molecular weight is 418 g/mol. The van der Waals surface area contributed by atoms with Crippen molar-refractivity contribution in [2.45, 2.75) is 0 Å². The van der Waals surface area contributed by atoms with Gasteiger partial charge in [-0.2, -0.15) is 0 Å². The van der Waals surface area contributed by atoms with Crippen molar-refractivity contribution in [3.05, 3.63) is 64.4 Å². The lowest BCUT2D eigenvalue weighted by molar-refractivity contribution is -0.111. The second kappa shape index (κ2) is 8.47. The van der Waals surface area contributed by atoms with Gasteiger partial charge in [-0.25, -0.2) is 4.39 Å². The molecular weight excluding hydrogens is 397 g/mol. The van der Waals surface area contributed by atoms with Crippen molar-refractivity contribution in [2.75, 3.05) is 43.4 Å². The van der Waals surface area contributed by atoms with Crippen LogP contribution in [-0.2, 0) is 4.79 Å². The minimum absolute atomic E-state index is 0.290. The number of amides is 1. The summed E-state index contributed by atoms with van der Waals surface area (Å²) in [5.41, 5.74) is 2.12. The Hall–Kier alpha value is -2.18. The summed E-state index contributed by atoms with van der Waals surface area (Å²) in [6.07, 6.45) is 2.84. The lowest BCUT2D eigenvalue weighted by Gasteiger charge is -2.35. The van der Waals surface area contributed by atoms with Gasteiger partial charge in [0.15, 0.2) is 0 Å². The zero-order valence-corrected chi connectivity index (χ0v) is 16.2. The predicted octanol–water partition coefficient (Wildman–Crippen LogP) is 3.99. The molecule has 0 atom stereocenters. The maximum absolute atomic E-state index is 13.7. The number of carbonyl (C=O) groups is 1. The molecule has 6 heteroatoms.